The highest BCUT2D eigenvalue weighted by molar-refractivity contribution is 6.17. The number of phenolic OH excluding ortho intramolecular Hbond substituents is 2. The van der Waals surface area contributed by atoms with E-state index in [-0.39, 0.29) is 33.4 Å². The van der Waals surface area contributed by atoms with Gasteiger partial charge in [0.25, 0.3) is 0 Å². The first-order valence-electron chi connectivity index (χ1n) is 8.53. The Kier molecular flexibility index (Phi) is 6.30. The van der Waals surface area contributed by atoms with Crippen molar-refractivity contribution in [1.82, 2.24) is 0 Å². The lowest BCUT2D eigenvalue weighted by molar-refractivity contribution is -0.136. The second-order valence-electron chi connectivity index (χ2n) is 6.35. The maximum atomic E-state index is 13.4. The average Bonchev–Trinajstić information content (AvgIpc) is 3.13. The molecule has 168 valence electrons. The Bertz CT molecular complexity index is 1410. The molecule has 2 aromatic heterocycles. The molecule has 7 nitrogen and oxygen atoms in total. The summed E-state index contributed by atoms with van der Waals surface area (Å²) in [6.45, 7) is 0. The van der Waals surface area contributed by atoms with E-state index in [1.165, 1.54) is 0 Å². The lowest BCUT2D eigenvalue weighted by Crippen LogP contribution is -2.01. The molecule has 2 aromatic carbocycles. The SMILES string of the molecule is O=C(O)Cc1coc2c(F)c(O)c(F)cc12.O=c1cc(CCl)c2cc(F)c(O)c(F)c2o1. The molecule has 32 heavy (non-hydrogen) atoms. The molecular weight excluding hydrogens is 464 g/mol. The van der Waals surface area contributed by atoms with Crippen LogP contribution in [0, 0.1) is 23.3 Å². The van der Waals surface area contributed by atoms with Crippen LogP contribution >= 0.6 is 11.6 Å². The highest BCUT2D eigenvalue weighted by atomic mass is 35.5. The van der Waals surface area contributed by atoms with Crippen LogP contribution in [0.15, 0.2) is 38.1 Å². The summed E-state index contributed by atoms with van der Waals surface area (Å²) in [6, 6.07) is 2.76. The molecule has 0 amide bonds. The molecule has 0 spiro atoms. The Balaban J connectivity index is 0.000000181. The number of benzene rings is 2. The van der Waals surface area contributed by atoms with Crippen LogP contribution in [0.1, 0.15) is 11.1 Å². The van der Waals surface area contributed by atoms with Crippen molar-refractivity contribution in [1.29, 1.82) is 0 Å². The van der Waals surface area contributed by atoms with Crippen LogP contribution < -0.4 is 5.63 Å². The van der Waals surface area contributed by atoms with Crippen LogP contribution in [-0.4, -0.2) is 21.3 Å². The molecule has 4 aromatic rings. The van der Waals surface area contributed by atoms with E-state index in [1.807, 2.05) is 0 Å². The third-order valence-electron chi connectivity index (χ3n) is 4.29. The van der Waals surface area contributed by atoms with Gasteiger partial charge in [-0.2, -0.15) is 8.78 Å². The summed E-state index contributed by atoms with van der Waals surface area (Å²) in [6.07, 6.45) is 0.622. The molecular formula is C20H11ClF4O7. The lowest BCUT2D eigenvalue weighted by Gasteiger charge is -2.04. The minimum atomic E-state index is -1.31. The minimum Gasteiger partial charge on any atom is -0.503 e. The first-order valence-corrected chi connectivity index (χ1v) is 9.07. The van der Waals surface area contributed by atoms with E-state index in [1.54, 1.807) is 0 Å². The predicted octanol–water partition coefficient (Wildman–Crippen LogP) is 4.56. The summed E-state index contributed by atoms with van der Waals surface area (Å²) in [5.41, 5.74) is -1.27. The number of hydrogen-bond acceptors (Lipinski definition) is 6. The standard InChI is InChI=1S/C10H5ClF2O3.C10H6F2O4/c11-3-4-1-7(14)16-10-5(4)2-6(12)9(15)8(10)13;11-6-2-5-4(1-7(13)14)3-16-10(5)8(12)9(6)15/h1-2,15H,3H2;2-3,15H,1H2,(H,13,14). The molecule has 4 rings (SSSR count). The molecule has 0 unspecified atom stereocenters. The summed E-state index contributed by atoms with van der Waals surface area (Å²) in [7, 11) is 0. The minimum absolute atomic E-state index is 0.00944. The Morgan fingerprint density at radius 2 is 1.44 bits per heavy atom. The van der Waals surface area contributed by atoms with Gasteiger partial charge in [-0.3, -0.25) is 4.79 Å². The van der Waals surface area contributed by atoms with Crippen molar-refractivity contribution in [3.8, 4) is 11.5 Å². The molecule has 0 bridgehead atoms. The van der Waals surface area contributed by atoms with Crippen molar-refractivity contribution in [3.05, 3.63) is 69.3 Å². The Hall–Kier alpha value is -3.73. The zero-order valence-corrected chi connectivity index (χ0v) is 16.3. The monoisotopic (exact) mass is 474 g/mol. The van der Waals surface area contributed by atoms with Gasteiger partial charge in [0.15, 0.2) is 34.3 Å². The van der Waals surface area contributed by atoms with Gasteiger partial charge in [0, 0.05) is 28.3 Å². The Morgan fingerprint density at radius 3 is 1.97 bits per heavy atom. The number of phenols is 2. The normalized spacial score (nSPS) is 10.9. The van der Waals surface area contributed by atoms with Gasteiger partial charge in [-0.25, -0.2) is 13.6 Å². The quantitative estimate of drug-likeness (QED) is 0.226. The number of fused-ring (bicyclic) bond motifs is 2. The fourth-order valence-electron chi connectivity index (χ4n) is 2.83. The largest absolute Gasteiger partial charge is 0.503 e. The van der Waals surface area contributed by atoms with Crippen LogP contribution in [0.3, 0.4) is 0 Å². The smallest absolute Gasteiger partial charge is 0.336 e. The highest BCUT2D eigenvalue weighted by Gasteiger charge is 2.19. The maximum absolute atomic E-state index is 13.4. The third-order valence-corrected chi connectivity index (χ3v) is 4.58. The van der Waals surface area contributed by atoms with Gasteiger partial charge in [0.2, 0.25) is 11.6 Å². The molecule has 0 fully saturated rings. The van der Waals surface area contributed by atoms with Crippen LogP contribution in [0.5, 0.6) is 11.5 Å². The molecule has 0 atom stereocenters. The third kappa shape index (κ3) is 4.19. The van der Waals surface area contributed by atoms with E-state index in [4.69, 9.17) is 31.3 Å². The average molecular weight is 475 g/mol. The molecule has 0 saturated heterocycles. The zero-order valence-electron chi connectivity index (χ0n) is 15.6. The van der Waals surface area contributed by atoms with E-state index in [9.17, 15) is 27.2 Å². The van der Waals surface area contributed by atoms with Crippen molar-refractivity contribution >= 4 is 39.5 Å². The van der Waals surface area contributed by atoms with Gasteiger partial charge >= 0.3 is 11.6 Å². The van der Waals surface area contributed by atoms with E-state index in [2.05, 4.69) is 4.42 Å². The maximum Gasteiger partial charge on any atom is 0.336 e. The summed E-state index contributed by atoms with van der Waals surface area (Å²) in [5, 5.41) is 26.6. The van der Waals surface area contributed by atoms with E-state index < -0.39 is 58.4 Å². The zero-order chi connectivity index (χ0) is 23.7. The number of furan rings is 1. The lowest BCUT2D eigenvalue weighted by atomic mass is 10.1. The first-order chi connectivity index (χ1) is 15.0. The molecule has 0 radical (unpaired) electrons. The number of halogens is 5. The Labute approximate surface area is 179 Å². The molecule has 0 aliphatic heterocycles. The number of carboxylic acids is 1. The summed E-state index contributed by atoms with van der Waals surface area (Å²) < 4.78 is 62.1. The van der Waals surface area contributed by atoms with Crippen molar-refractivity contribution in [2.45, 2.75) is 12.3 Å². The molecule has 3 N–H and O–H groups in total. The number of carbonyl (C=O) groups is 1. The van der Waals surface area contributed by atoms with Gasteiger partial charge in [0.05, 0.1) is 12.7 Å². The van der Waals surface area contributed by atoms with E-state index in [0.717, 1.165) is 24.5 Å². The molecule has 12 heteroatoms. The highest BCUT2D eigenvalue weighted by Crippen LogP contribution is 2.32. The van der Waals surface area contributed by atoms with Crippen LogP contribution in [0.4, 0.5) is 17.6 Å². The number of alkyl halides is 1. The summed E-state index contributed by atoms with van der Waals surface area (Å²) >= 11 is 5.53. The predicted molar refractivity (Wildman–Crippen MR) is 103 cm³/mol. The van der Waals surface area contributed by atoms with Gasteiger partial charge in [-0.15, -0.1) is 11.6 Å². The van der Waals surface area contributed by atoms with Crippen molar-refractivity contribution in [2.75, 3.05) is 0 Å². The fraction of sp³-hybridized carbons (Fsp3) is 0.100. The van der Waals surface area contributed by atoms with Gasteiger partial charge in [-0.05, 0) is 17.7 Å². The van der Waals surface area contributed by atoms with Crippen LogP contribution in [-0.2, 0) is 17.1 Å². The van der Waals surface area contributed by atoms with Crippen LogP contribution in [0.25, 0.3) is 21.9 Å². The topological polar surface area (TPSA) is 121 Å². The number of rotatable bonds is 3. The van der Waals surface area contributed by atoms with E-state index >= 15 is 0 Å². The van der Waals surface area contributed by atoms with Crippen molar-refractivity contribution in [2.24, 2.45) is 0 Å². The summed E-state index contributed by atoms with van der Waals surface area (Å²) in [4.78, 5) is 21.5. The Morgan fingerprint density at radius 1 is 0.906 bits per heavy atom. The number of hydrogen-bond donors (Lipinski definition) is 3. The second kappa shape index (κ2) is 8.79. The van der Waals surface area contributed by atoms with Gasteiger partial charge < -0.3 is 24.2 Å². The molecule has 0 aliphatic rings. The van der Waals surface area contributed by atoms with Crippen LogP contribution in [0.2, 0.25) is 0 Å². The molecule has 0 saturated carbocycles. The van der Waals surface area contributed by atoms with Gasteiger partial charge in [-0.1, -0.05) is 0 Å². The van der Waals surface area contributed by atoms with Crippen molar-refractivity contribution < 1.29 is 46.5 Å². The van der Waals surface area contributed by atoms with Crippen molar-refractivity contribution in [3.63, 3.8) is 0 Å². The first kappa shape index (κ1) is 22.9. The number of aliphatic carboxylic acids is 1. The second-order valence-corrected chi connectivity index (χ2v) is 6.62. The molecule has 2 heterocycles. The summed E-state index contributed by atoms with van der Waals surface area (Å²) in [5.74, 6) is -8.37. The number of aromatic hydroxyl groups is 2. The van der Waals surface area contributed by atoms with E-state index in [0.29, 0.717) is 0 Å². The van der Waals surface area contributed by atoms with Gasteiger partial charge in [0.1, 0.15) is 0 Å². The fourth-order valence-corrected chi connectivity index (χ4v) is 3.05. The number of carboxylic acid groups (broad SMARTS) is 1. The molecule has 0 aliphatic carbocycles.